The summed E-state index contributed by atoms with van der Waals surface area (Å²) in [6, 6.07) is 0. The van der Waals surface area contributed by atoms with Gasteiger partial charge in [-0.25, -0.2) is 8.42 Å². The Kier molecular flexibility index (Phi) is 4.78. The van der Waals surface area contributed by atoms with Crippen LogP contribution in [0.3, 0.4) is 0 Å². The standard InChI is InChI=1S/CH5F3N3O3PS3/c2-1(3,4)14(9,10)7-11(8,12-5)13-6/h5-6H2,(H,7,8). The van der Waals surface area contributed by atoms with Gasteiger partial charge in [0.15, 0.2) is 0 Å². The lowest BCUT2D eigenvalue weighted by Crippen LogP contribution is -2.33. The second-order valence-electron chi connectivity index (χ2n) is 1.75. The Morgan fingerprint density at radius 3 is 1.79 bits per heavy atom. The molecule has 0 radical (unpaired) electrons. The lowest BCUT2D eigenvalue weighted by Gasteiger charge is -2.14. The van der Waals surface area contributed by atoms with Crippen molar-refractivity contribution >= 4 is 38.9 Å². The van der Waals surface area contributed by atoms with Crippen LogP contribution in [-0.2, 0) is 14.6 Å². The Morgan fingerprint density at radius 1 is 1.21 bits per heavy atom. The zero-order valence-electron chi connectivity index (χ0n) is 6.19. The first-order valence-electron chi connectivity index (χ1n) is 2.55. The summed E-state index contributed by atoms with van der Waals surface area (Å²) in [6.07, 6.45) is 0. The average molecular weight is 291 g/mol. The molecule has 0 atom stereocenters. The highest BCUT2D eigenvalue weighted by Crippen LogP contribution is 2.61. The minimum absolute atomic E-state index is 0.0816. The first kappa shape index (κ1) is 14.6. The summed E-state index contributed by atoms with van der Waals surface area (Å²) in [5.74, 6) is 0. The van der Waals surface area contributed by atoms with Gasteiger partial charge >= 0.3 is 15.5 Å². The van der Waals surface area contributed by atoms with Gasteiger partial charge in [-0.3, -0.25) is 14.8 Å². The molecule has 0 amide bonds. The highest BCUT2D eigenvalue weighted by atomic mass is 33.1. The van der Waals surface area contributed by atoms with Crippen LogP contribution in [0.5, 0.6) is 0 Å². The lowest BCUT2D eigenvalue weighted by molar-refractivity contribution is -0.0441. The van der Waals surface area contributed by atoms with E-state index in [2.05, 4.69) is 0 Å². The van der Waals surface area contributed by atoms with Gasteiger partial charge in [-0.05, 0) is 0 Å². The summed E-state index contributed by atoms with van der Waals surface area (Å²) in [6.45, 7) is 0. The van der Waals surface area contributed by atoms with E-state index < -0.39 is 21.2 Å². The van der Waals surface area contributed by atoms with E-state index in [4.69, 9.17) is 10.3 Å². The molecular weight excluding hydrogens is 286 g/mol. The van der Waals surface area contributed by atoms with E-state index in [-0.39, 0.29) is 23.1 Å². The summed E-state index contributed by atoms with van der Waals surface area (Å²) in [5.41, 5.74) is -9.62. The van der Waals surface area contributed by atoms with Gasteiger partial charge in [0, 0.05) is 23.1 Å². The SMILES string of the molecule is NSP(=O)(NS(=O)(=O)C(F)(F)F)SN. The van der Waals surface area contributed by atoms with Gasteiger partial charge in [-0.15, -0.1) is 4.49 Å². The molecule has 0 unspecified atom stereocenters. The third kappa shape index (κ3) is 3.61. The van der Waals surface area contributed by atoms with E-state index in [9.17, 15) is 26.2 Å². The van der Waals surface area contributed by atoms with Crippen LogP contribution in [0, 0.1) is 0 Å². The van der Waals surface area contributed by atoms with Crippen molar-refractivity contribution in [2.24, 2.45) is 10.3 Å². The molecule has 6 nitrogen and oxygen atoms in total. The van der Waals surface area contributed by atoms with Crippen LogP contribution in [0.4, 0.5) is 13.2 Å². The molecule has 0 aromatic carbocycles. The molecule has 0 bridgehead atoms. The monoisotopic (exact) mass is 291 g/mol. The predicted octanol–water partition coefficient (Wildman–Crippen LogP) is 0.748. The number of sulfonamides is 1. The van der Waals surface area contributed by atoms with Crippen molar-refractivity contribution in [1.82, 2.24) is 4.49 Å². The summed E-state index contributed by atoms with van der Waals surface area (Å²) in [7, 11) is -5.69. The van der Waals surface area contributed by atoms with Crippen molar-refractivity contribution in [3.05, 3.63) is 0 Å². The van der Waals surface area contributed by atoms with Crippen LogP contribution in [0.15, 0.2) is 0 Å². The Bertz CT molecular complexity index is 331. The van der Waals surface area contributed by atoms with Crippen molar-refractivity contribution in [2.45, 2.75) is 5.51 Å². The molecule has 13 heteroatoms. The fourth-order valence-corrected chi connectivity index (χ4v) is 5.39. The van der Waals surface area contributed by atoms with E-state index >= 15 is 0 Å². The van der Waals surface area contributed by atoms with E-state index in [0.29, 0.717) is 0 Å². The van der Waals surface area contributed by atoms with E-state index in [1.165, 1.54) is 0 Å². The van der Waals surface area contributed by atoms with Crippen LogP contribution in [-0.4, -0.2) is 13.9 Å². The van der Waals surface area contributed by atoms with Crippen molar-refractivity contribution < 1.29 is 26.2 Å². The molecule has 0 saturated heterocycles. The van der Waals surface area contributed by atoms with Gasteiger partial charge in [0.1, 0.15) is 0 Å². The predicted molar refractivity (Wildman–Crippen MR) is 49.3 cm³/mol. The molecular formula is CH5F3N3O3PS3. The maximum absolute atomic E-state index is 11.8. The average Bonchev–Trinajstić information content (AvgIpc) is 2.01. The highest BCUT2D eigenvalue weighted by molar-refractivity contribution is 8.89. The Labute approximate surface area is 85.6 Å². The minimum Gasteiger partial charge on any atom is -0.279 e. The van der Waals surface area contributed by atoms with Gasteiger partial charge in [0.2, 0.25) is 0 Å². The van der Waals surface area contributed by atoms with Crippen molar-refractivity contribution in [3.63, 3.8) is 0 Å². The molecule has 0 aliphatic carbocycles. The van der Waals surface area contributed by atoms with Gasteiger partial charge in [0.25, 0.3) is 5.70 Å². The first-order chi connectivity index (χ1) is 6.08. The number of halogens is 3. The fraction of sp³-hybridized carbons (Fsp3) is 1.00. The third-order valence-corrected chi connectivity index (χ3v) is 8.39. The van der Waals surface area contributed by atoms with E-state index in [0.717, 1.165) is 4.49 Å². The Hall–Kier alpha value is 0.550. The minimum atomic E-state index is -5.69. The quantitative estimate of drug-likeness (QED) is 0.517. The maximum atomic E-state index is 11.8. The number of hydrogen-bond donors (Lipinski definition) is 3. The molecule has 0 rings (SSSR count). The van der Waals surface area contributed by atoms with Crippen LogP contribution in [0.2, 0.25) is 0 Å². The molecule has 0 fully saturated rings. The second kappa shape index (κ2) is 4.60. The highest BCUT2D eigenvalue weighted by Gasteiger charge is 2.49. The van der Waals surface area contributed by atoms with Gasteiger partial charge in [0.05, 0.1) is 0 Å². The molecule has 0 aliphatic heterocycles. The summed E-state index contributed by atoms with van der Waals surface area (Å²) in [4.78, 5) is 0. The van der Waals surface area contributed by atoms with Crippen LogP contribution in [0.1, 0.15) is 0 Å². The number of hydrogen-bond acceptors (Lipinski definition) is 7. The molecule has 5 N–H and O–H groups in total. The van der Waals surface area contributed by atoms with Gasteiger partial charge in [-0.2, -0.15) is 13.2 Å². The number of nitrogens with one attached hydrogen (secondary N) is 1. The molecule has 0 aromatic rings. The summed E-state index contributed by atoms with van der Waals surface area (Å²) < 4.78 is 68.2. The zero-order valence-corrected chi connectivity index (χ0v) is 9.53. The van der Waals surface area contributed by atoms with Crippen molar-refractivity contribution in [1.29, 1.82) is 0 Å². The van der Waals surface area contributed by atoms with E-state index in [1.807, 2.05) is 0 Å². The van der Waals surface area contributed by atoms with Crippen LogP contribution < -0.4 is 14.8 Å². The smallest absolute Gasteiger partial charge is 0.279 e. The molecule has 86 valence electrons. The molecule has 0 aromatic heterocycles. The molecule has 0 heterocycles. The molecule has 0 aliphatic rings. The van der Waals surface area contributed by atoms with Gasteiger partial charge < -0.3 is 0 Å². The first-order valence-corrected chi connectivity index (χ1v) is 8.71. The molecule has 0 spiro atoms. The third-order valence-electron chi connectivity index (χ3n) is 0.814. The zero-order chi connectivity index (χ0) is 11.6. The number of nitrogens with two attached hydrogens (primary N) is 2. The van der Waals surface area contributed by atoms with E-state index in [1.54, 1.807) is 0 Å². The molecule has 14 heavy (non-hydrogen) atoms. The summed E-state index contributed by atoms with van der Waals surface area (Å²) >= 11 is -0.163. The molecule has 0 saturated carbocycles. The van der Waals surface area contributed by atoms with Crippen LogP contribution >= 0.6 is 28.8 Å². The Morgan fingerprint density at radius 2 is 1.57 bits per heavy atom. The lowest BCUT2D eigenvalue weighted by atomic mass is 11.6. The largest absolute Gasteiger partial charge is 0.511 e. The Balaban J connectivity index is 4.95. The van der Waals surface area contributed by atoms with Crippen LogP contribution in [0.25, 0.3) is 0 Å². The summed E-state index contributed by atoms with van der Waals surface area (Å²) in [5, 5.41) is 9.45. The second-order valence-corrected chi connectivity index (χ2v) is 10.4. The number of alkyl halides is 3. The topological polar surface area (TPSA) is 115 Å². The van der Waals surface area contributed by atoms with Crippen molar-refractivity contribution in [3.8, 4) is 0 Å². The number of rotatable bonds is 4. The van der Waals surface area contributed by atoms with Gasteiger partial charge in [-0.1, -0.05) is 0 Å². The van der Waals surface area contributed by atoms with Crippen molar-refractivity contribution in [2.75, 3.05) is 0 Å². The maximum Gasteiger partial charge on any atom is 0.511 e. The fourth-order valence-electron chi connectivity index (χ4n) is 0.267. The normalized spacial score (nSPS) is 14.4.